The molecule has 0 spiro atoms. The van der Waals surface area contributed by atoms with E-state index in [-0.39, 0.29) is 0 Å². The van der Waals surface area contributed by atoms with Crippen LogP contribution in [0.15, 0.2) is 24.3 Å². The smallest absolute Gasteiger partial charge is 0.256 e. The summed E-state index contributed by atoms with van der Waals surface area (Å²) in [6.07, 6.45) is -0.156. The van der Waals surface area contributed by atoms with E-state index in [1.165, 1.54) is 0 Å². The van der Waals surface area contributed by atoms with Crippen LogP contribution >= 0.6 is 0 Å². The predicted molar refractivity (Wildman–Crippen MR) is 53.3 cm³/mol. The number of benzene rings is 1. The quantitative estimate of drug-likeness (QED) is 0.530. The first-order valence-electron chi connectivity index (χ1n) is 4.57. The van der Waals surface area contributed by atoms with E-state index in [1.54, 1.807) is 0 Å². The molecule has 0 saturated heterocycles. The van der Waals surface area contributed by atoms with E-state index < -0.39 is 6.29 Å². The largest absolute Gasteiger partial charge is 0.457 e. The Morgan fingerprint density at radius 3 is 2.71 bits per heavy atom. The maximum Gasteiger partial charge on any atom is 0.256 e. The molecule has 3 heteroatoms. The molecule has 0 aromatic heterocycles. The summed E-state index contributed by atoms with van der Waals surface area (Å²) in [7, 11) is 0. The van der Waals surface area contributed by atoms with Gasteiger partial charge < -0.3 is 9.47 Å². The van der Waals surface area contributed by atoms with Crippen LogP contribution in [0.5, 0.6) is 5.75 Å². The fourth-order valence-corrected chi connectivity index (χ4v) is 1.08. The van der Waals surface area contributed by atoms with Gasteiger partial charge in [-0.25, -0.2) is 0 Å². The van der Waals surface area contributed by atoms with Crippen LogP contribution in [0.1, 0.15) is 12.5 Å². The number of para-hydroxylation sites is 1. The van der Waals surface area contributed by atoms with Gasteiger partial charge in [0, 0.05) is 6.61 Å². The van der Waals surface area contributed by atoms with Gasteiger partial charge in [0.25, 0.3) is 6.29 Å². The Morgan fingerprint density at radius 1 is 1.43 bits per heavy atom. The fraction of sp³-hybridized carbons (Fsp3) is 0.364. The summed E-state index contributed by atoms with van der Waals surface area (Å²) >= 11 is 0. The minimum absolute atomic E-state index is 0.454. The Balaban J connectivity index is 2.66. The first-order chi connectivity index (χ1) is 6.77. The van der Waals surface area contributed by atoms with Gasteiger partial charge in [0.15, 0.2) is 6.29 Å². The number of aldehydes is 1. The SMILES string of the molecule is CCOC(C=O)Oc1ccccc1C. The summed E-state index contributed by atoms with van der Waals surface area (Å²) in [4.78, 5) is 10.6. The third-order valence-corrected chi connectivity index (χ3v) is 1.78. The molecule has 0 aliphatic rings. The predicted octanol–water partition coefficient (Wildman–Crippen LogP) is 1.94. The van der Waals surface area contributed by atoms with Crippen molar-refractivity contribution in [2.24, 2.45) is 0 Å². The molecule has 1 atom stereocenters. The molecule has 0 N–H and O–H groups in total. The number of carbonyl (C=O) groups excluding carboxylic acids is 1. The van der Waals surface area contributed by atoms with E-state index in [4.69, 9.17) is 9.47 Å². The second kappa shape index (κ2) is 5.40. The minimum Gasteiger partial charge on any atom is -0.457 e. The standard InChI is InChI=1S/C11H14O3/c1-3-13-11(8-12)14-10-7-5-4-6-9(10)2/h4-8,11H,3H2,1-2H3. The van der Waals surface area contributed by atoms with Gasteiger partial charge in [-0.2, -0.15) is 0 Å². The molecule has 1 rings (SSSR count). The average molecular weight is 194 g/mol. The first-order valence-corrected chi connectivity index (χ1v) is 4.57. The molecule has 0 amide bonds. The molecule has 0 bridgehead atoms. The van der Waals surface area contributed by atoms with Crippen LogP contribution in [0.25, 0.3) is 0 Å². The van der Waals surface area contributed by atoms with Crippen LogP contribution in [-0.4, -0.2) is 19.2 Å². The summed E-state index contributed by atoms with van der Waals surface area (Å²) in [6, 6.07) is 7.50. The monoisotopic (exact) mass is 194 g/mol. The van der Waals surface area contributed by atoms with Crippen LogP contribution in [0, 0.1) is 6.92 Å². The van der Waals surface area contributed by atoms with Crippen LogP contribution < -0.4 is 4.74 Å². The van der Waals surface area contributed by atoms with Gasteiger partial charge in [0.2, 0.25) is 0 Å². The number of carbonyl (C=O) groups is 1. The Morgan fingerprint density at radius 2 is 2.14 bits per heavy atom. The lowest BCUT2D eigenvalue weighted by Gasteiger charge is -2.14. The van der Waals surface area contributed by atoms with Gasteiger partial charge in [-0.05, 0) is 25.5 Å². The lowest BCUT2D eigenvalue weighted by Crippen LogP contribution is -2.22. The van der Waals surface area contributed by atoms with E-state index in [1.807, 2.05) is 38.1 Å². The van der Waals surface area contributed by atoms with Crippen molar-refractivity contribution >= 4 is 6.29 Å². The molecular weight excluding hydrogens is 180 g/mol. The van der Waals surface area contributed by atoms with E-state index in [2.05, 4.69) is 0 Å². The normalized spacial score (nSPS) is 12.1. The summed E-state index contributed by atoms with van der Waals surface area (Å²) in [5.74, 6) is 0.679. The summed E-state index contributed by atoms with van der Waals surface area (Å²) in [5, 5.41) is 0. The van der Waals surface area contributed by atoms with E-state index in [0.29, 0.717) is 18.6 Å². The molecule has 0 saturated carbocycles. The Bertz CT molecular complexity index is 296. The van der Waals surface area contributed by atoms with Gasteiger partial charge >= 0.3 is 0 Å². The molecule has 1 unspecified atom stereocenters. The highest BCUT2D eigenvalue weighted by Gasteiger charge is 2.08. The maximum atomic E-state index is 10.6. The van der Waals surface area contributed by atoms with Gasteiger partial charge in [0.05, 0.1) is 0 Å². The number of rotatable bonds is 5. The summed E-state index contributed by atoms with van der Waals surface area (Å²) in [6.45, 7) is 4.19. The highest BCUT2D eigenvalue weighted by atomic mass is 16.7. The van der Waals surface area contributed by atoms with Crippen LogP contribution in [-0.2, 0) is 9.53 Å². The third-order valence-electron chi connectivity index (χ3n) is 1.78. The second-order valence-corrected chi connectivity index (χ2v) is 2.84. The molecule has 0 fully saturated rings. The van der Waals surface area contributed by atoms with Crippen molar-refractivity contribution in [1.82, 2.24) is 0 Å². The molecule has 0 heterocycles. The minimum atomic E-state index is -0.805. The molecule has 3 nitrogen and oxygen atoms in total. The van der Waals surface area contributed by atoms with Gasteiger partial charge in [-0.3, -0.25) is 4.79 Å². The molecule has 76 valence electrons. The molecular formula is C11H14O3. The highest BCUT2D eigenvalue weighted by Crippen LogP contribution is 2.17. The van der Waals surface area contributed by atoms with Crippen LogP contribution in [0.3, 0.4) is 0 Å². The molecule has 0 aliphatic carbocycles. The molecule has 1 aromatic rings. The van der Waals surface area contributed by atoms with Crippen molar-refractivity contribution < 1.29 is 14.3 Å². The van der Waals surface area contributed by atoms with E-state index >= 15 is 0 Å². The van der Waals surface area contributed by atoms with E-state index in [0.717, 1.165) is 5.56 Å². The van der Waals surface area contributed by atoms with Gasteiger partial charge in [-0.15, -0.1) is 0 Å². The second-order valence-electron chi connectivity index (χ2n) is 2.84. The van der Waals surface area contributed by atoms with Crippen LogP contribution in [0.4, 0.5) is 0 Å². The highest BCUT2D eigenvalue weighted by molar-refractivity contribution is 5.55. The zero-order valence-electron chi connectivity index (χ0n) is 8.40. The van der Waals surface area contributed by atoms with Gasteiger partial charge in [-0.1, -0.05) is 18.2 Å². The van der Waals surface area contributed by atoms with Crippen molar-refractivity contribution in [3.63, 3.8) is 0 Å². The third kappa shape index (κ3) is 2.85. The number of aryl methyl sites for hydroxylation is 1. The zero-order valence-corrected chi connectivity index (χ0v) is 8.40. The lowest BCUT2D eigenvalue weighted by atomic mass is 10.2. The Hall–Kier alpha value is -1.35. The average Bonchev–Trinajstić information content (AvgIpc) is 2.20. The number of hydrogen-bond donors (Lipinski definition) is 0. The molecule has 1 aromatic carbocycles. The topological polar surface area (TPSA) is 35.5 Å². The lowest BCUT2D eigenvalue weighted by molar-refractivity contribution is -0.136. The van der Waals surface area contributed by atoms with Crippen molar-refractivity contribution in [3.8, 4) is 5.75 Å². The molecule has 0 radical (unpaired) electrons. The fourth-order valence-electron chi connectivity index (χ4n) is 1.08. The van der Waals surface area contributed by atoms with Crippen molar-refractivity contribution in [1.29, 1.82) is 0 Å². The van der Waals surface area contributed by atoms with Gasteiger partial charge in [0.1, 0.15) is 5.75 Å². The van der Waals surface area contributed by atoms with Crippen molar-refractivity contribution in [2.45, 2.75) is 20.1 Å². The maximum absolute atomic E-state index is 10.6. The summed E-state index contributed by atoms with van der Waals surface area (Å²) in [5.41, 5.74) is 0.985. The van der Waals surface area contributed by atoms with Crippen LogP contribution in [0.2, 0.25) is 0 Å². The van der Waals surface area contributed by atoms with E-state index in [9.17, 15) is 4.79 Å². The molecule has 0 aliphatic heterocycles. The Kier molecular flexibility index (Phi) is 4.13. The first kappa shape index (κ1) is 10.7. The number of ether oxygens (including phenoxy) is 2. The number of hydrogen-bond acceptors (Lipinski definition) is 3. The van der Waals surface area contributed by atoms with Crippen molar-refractivity contribution in [2.75, 3.05) is 6.61 Å². The zero-order chi connectivity index (χ0) is 10.4. The Labute approximate surface area is 83.6 Å². The summed E-state index contributed by atoms with van der Waals surface area (Å²) < 4.78 is 10.4. The van der Waals surface area contributed by atoms with Crippen molar-refractivity contribution in [3.05, 3.63) is 29.8 Å². The molecule has 14 heavy (non-hydrogen) atoms.